The van der Waals surface area contributed by atoms with E-state index in [1.807, 2.05) is 13.1 Å². The summed E-state index contributed by atoms with van der Waals surface area (Å²) >= 11 is 6.61. The smallest absolute Gasteiger partial charge is 0.296 e. The number of aromatic nitrogens is 3. The van der Waals surface area contributed by atoms with E-state index < -0.39 is 18.3 Å². The molecule has 2 aromatic heterocycles. The first-order chi connectivity index (χ1) is 19.3. The molecule has 0 spiro atoms. The minimum absolute atomic E-state index is 0.0987. The number of nitrogens with one attached hydrogen (secondary N) is 1. The van der Waals surface area contributed by atoms with E-state index >= 15 is 4.39 Å². The maximum atomic E-state index is 15.5. The van der Waals surface area contributed by atoms with Gasteiger partial charge in [-0.05, 0) is 61.6 Å². The Morgan fingerprint density at radius 1 is 1.18 bits per heavy atom. The van der Waals surface area contributed by atoms with Gasteiger partial charge in [0.15, 0.2) is 11.8 Å². The highest BCUT2D eigenvalue weighted by molar-refractivity contribution is 6.31. The summed E-state index contributed by atoms with van der Waals surface area (Å²) in [6, 6.07) is 5.27. The van der Waals surface area contributed by atoms with E-state index in [1.165, 1.54) is 6.07 Å². The van der Waals surface area contributed by atoms with Crippen LogP contribution in [0.15, 0.2) is 18.2 Å². The third-order valence-electron chi connectivity index (χ3n) is 8.59. The molecule has 3 aliphatic heterocycles. The molecule has 3 fully saturated rings. The number of fused-ring (bicyclic) bond motifs is 3. The van der Waals surface area contributed by atoms with Gasteiger partial charge in [0.1, 0.15) is 24.1 Å². The lowest BCUT2D eigenvalue weighted by molar-refractivity contribution is 0.00706. The van der Waals surface area contributed by atoms with Crippen LogP contribution in [0.1, 0.15) is 39.5 Å². The van der Waals surface area contributed by atoms with Crippen LogP contribution in [-0.2, 0) is 22.3 Å². The van der Waals surface area contributed by atoms with Gasteiger partial charge in [0.25, 0.3) is 11.9 Å². The van der Waals surface area contributed by atoms with Gasteiger partial charge in [-0.15, -0.1) is 0 Å². The fourth-order valence-corrected chi connectivity index (χ4v) is 6.61. The lowest BCUT2D eigenvalue weighted by Gasteiger charge is -2.32. The first-order valence-corrected chi connectivity index (χ1v) is 14.1. The predicted molar refractivity (Wildman–Crippen MR) is 143 cm³/mol. The average molecular weight is 572 g/mol. The van der Waals surface area contributed by atoms with Crippen LogP contribution in [0.3, 0.4) is 0 Å². The Labute approximate surface area is 235 Å². The van der Waals surface area contributed by atoms with Crippen molar-refractivity contribution in [1.29, 1.82) is 0 Å². The van der Waals surface area contributed by atoms with Gasteiger partial charge in [0, 0.05) is 31.7 Å². The molecular weight excluding hydrogens is 541 g/mol. The number of aliphatic hydroxyl groups excluding tert-OH is 1. The molecule has 40 heavy (non-hydrogen) atoms. The fourth-order valence-electron chi connectivity index (χ4n) is 6.39. The van der Waals surface area contributed by atoms with Crippen molar-refractivity contribution in [2.24, 2.45) is 0 Å². The number of carbonyl (C=O) groups excluding carboxylic acids is 1. The molecule has 5 heterocycles. The minimum Gasteiger partial charge on any atom is -0.456 e. The number of amides is 1. The standard InChI is InChI=1S/C28H31ClFN5O5/c1-34-4-6-35(7-5-34)27(37)16-8-14-2-3-15(23(14)18(30)9-16)10-19-17(29)11-20-26(31-19)33-28(32-20)40-22-13-39-24-21(36)12-38-25(22)24/h8-9,11,15,21-22,24-25,36H,2-7,10,12-13H2,1H3,(H,31,32,33)/t15?,21-,22-,24-,25-/m1/s1. The van der Waals surface area contributed by atoms with Crippen molar-refractivity contribution in [2.45, 2.75) is 49.6 Å². The predicted octanol–water partition coefficient (Wildman–Crippen LogP) is 2.32. The van der Waals surface area contributed by atoms with E-state index in [-0.39, 0.29) is 43.0 Å². The molecule has 4 aliphatic rings. The number of carbonyl (C=O) groups is 1. The molecule has 0 saturated carbocycles. The summed E-state index contributed by atoms with van der Waals surface area (Å²) in [5, 5.41) is 10.4. The highest BCUT2D eigenvalue weighted by atomic mass is 35.5. The number of aryl methyl sites for hydroxylation is 1. The van der Waals surface area contributed by atoms with Gasteiger partial charge < -0.3 is 34.1 Å². The monoisotopic (exact) mass is 571 g/mol. The lowest BCUT2D eigenvalue weighted by Crippen LogP contribution is -2.47. The maximum Gasteiger partial charge on any atom is 0.296 e. The number of ether oxygens (including phenoxy) is 3. The molecule has 10 nitrogen and oxygen atoms in total. The summed E-state index contributed by atoms with van der Waals surface area (Å²) in [6.45, 7) is 3.44. The molecular formula is C28H31ClFN5O5. The van der Waals surface area contributed by atoms with E-state index in [1.54, 1.807) is 11.0 Å². The Hall–Kier alpha value is -2.83. The highest BCUT2D eigenvalue weighted by Crippen LogP contribution is 2.39. The minimum atomic E-state index is -0.660. The molecule has 1 aromatic carbocycles. The number of aliphatic hydroxyl groups is 1. The van der Waals surface area contributed by atoms with Crippen molar-refractivity contribution >= 4 is 28.7 Å². The molecule has 0 radical (unpaired) electrons. The van der Waals surface area contributed by atoms with Crippen molar-refractivity contribution in [3.05, 3.63) is 51.4 Å². The van der Waals surface area contributed by atoms with Gasteiger partial charge in [0.05, 0.1) is 29.4 Å². The van der Waals surface area contributed by atoms with Gasteiger partial charge in [0.2, 0.25) is 0 Å². The number of benzene rings is 1. The van der Waals surface area contributed by atoms with Crippen molar-refractivity contribution < 1.29 is 28.5 Å². The quantitative estimate of drug-likeness (QED) is 0.480. The van der Waals surface area contributed by atoms with Crippen LogP contribution >= 0.6 is 11.6 Å². The normalized spacial score (nSPS) is 28.3. The molecule has 1 unspecified atom stereocenters. The molecule has 3 saturated heterocycles. The first-order valence-electron chi connectivity index (χ1n) is 13.8. The van der Waals surface area contributed by atoms with Crippen LogP contribution in [0.5, 0.6) is 6.01 Å². The number of likely N-dealkylation sites (N-methyl/N-ethyl adjacent to an activating group) is 1. The zero-order valence-corrected chi connectivity index (χ0v) is 22.9. The van der Waals surface area contributed by atoms with E-state index in [2.05, 4.69) is 19.9 Å². The SMILES string of the molecule is CN1CCN(C(=O)c2cc(F)c3c(c2)CCC3Cc2nc3nc(O[C@@H]4CO[C@H]5[C@@H]4OC[C@H]5O)[nH]c3cc2Cl)CC1. The summed E-state index contributed by atoms with van der Waals surface area (Å²) in [7, 11) is 2.03. The van der Waals surface area contributed by atoms with E-state index in [0.717, 1.165) is 25.1 Å². The topological polar surface area (TPSA) is 113 Å². The van der Waals surface area contributed by atoms with Gasteiger partial charge in [-0.2, -0.15) is 4.98 Å². The second-order valence-corrected chi connectivity index (χ2v) is 11.6. The summed E-state index contributed by atoms with van der Waals surface area (Å²) in [6.07, 6.45) is 0.0901. The van der Waals surface area contributed by atoms with Crippen molar-refractivity contribution in [3.63, 3.8) is 0 Å². The number of piperazine rings is 1. The first kappa shape index (κ1) is 26.1. The van der Waals surface area contributed by atoms with E-state index in [4.69, 9.17) is 25.8 Å². The van der Waals surface area contributed by atoms with Gasteiger partial charge in [-0.25, -0.2) is 9.37 Å². The molecule has 212 valence electrons. The van der Waals surface area contributed by atoms with Gasteiger partial charge in [-0.3, -0.25) is 4.79 Å². The molecule has 7 rings (SSSR count). The molecule has 5 atom stereocenters. The van der Waals surface area contributed by atoms with Crippen LogP contribution < -0.4 is 4.74 Å². The largest absolute Gasteiger partial charge is 0.456 e. The number of hydrogen-bond acceptors (Lipinski definition) is 8. The van der Waals surface area contributed by atoms with E-state index in [0.29, 0.717) is 58.9 Å². The summed E-state index contributed by atoms with van der Waals surface area (Å²) in [4.78, 5) is 29.3. The van der Waals surface area contributed by atoms with Crippen LogP contribution in [0, 0.1) is 5.82 Å². The number of hydrogen-bond donors (Lipinski definition) is 2. The number of aromatic amines is 1. The molecule has 1 aliphatic carbocycles. The van der Waals surface area contributed by atoms with Crippen molar-refractivity contribution in [2.75, 3.05) is 46.4 Å². The molecule has 3 aromatic rings. The summed E-state index contributed by atoms with van der Waals surface area (Å²) in [5.74, 6) is -0.555. The average Bonchev–Trinajstić information content (AvgIpc) is 3.71. The van der Waals surface area contributed by atoms with Crippen LogP contribution in [0.25, 0.3) is 11.2 Å². The molecule has 1 amide bonds. The van der Waals surface area contributed by atoms with Gasteiger partial charge in [-0.1, -0.05) is 11.6 Å². The lowest BCUT2D eigenvalue weighted by atomic mass is 9.94. The zero-order chi connectivity index (χ0) is 27.5. The van der Waals surface area contributed by atoms with Crippen LogP contribution in [-0.4, -0.2) is 107 Å². The Bertz CT molecular complexity index is 1460. The Morgan fingerprint density at radius 3 is 2.80 bits per heavy atom. The van der Waals surface area contributed by atoms with Gasteiger partial charge >= 0.3 is 0 Å². The fraction of sp³-hybridized carbons (Fsp3) is 0.536. The summed E-state index contributed by atoms with van der Waals surface area (Å²) < 4.78 is 32.7. The highest BCUT2D eigenvalue weighted by Gasteiger charge is 2.48. The third kappa shape index (κ3) is 4.63. The second kappa shape index (κ2) is 10.2. The molecule has 12 heteroatoms. The van der Waals surface area contributed by atoms with E-state index in [9.17, 15) is 9.90 Å². The van der Waals surface area contributed by atoms with Crippen LogP contribution in [0.2, 0.25) is 5.02 Å². The number of halogens is 2. The Kier molecular flexibility index (Phi) is 6.67. The van der Waals surface area contributed by atoms with Crippen LogP contribution in [0.4, 0.5) is 4.39 Å². The summed E-state index contributed by atoms with van der Waals surface area (Å²) in [5.41, 5.74) is 3.65. The number of pyridine rings is 1. The molecule has 0 bridgehead atoms. The van der Waals surface area contributed by atoms with Crippen molar-refractivity contribution in [3.8, 4) is 6.01 Å². The number of rotatable bonds is 5. The number of nitrogens with zero attached hydrogens (tertiary/aromatic N) is 4. The number of H-pyrrole nitrogens is 1. The third-order valence-corrected chi connectivity index (χ3v) is 8.91. The maximum absolute atomic E-state index is 15.5. The Morgan fingerprint density at radius 2 is 1.98 bits per heavy atom. The molecule has 2 N–H and O–H groups in total. The second-order valence-electron chi connectivity index (χ2n) is 11.2. The number of imidazole rings is 1. The zero-order valence-electron chi connectivity index (χ0n) is 22.1. The van der Waals surface area contributed by atoms with Crippen molar-refractivity contribution in [1.82, 2.24) is 24.8 Å². The Balaban J connectivity index is 1.07.